The van der Waals surface area contributed by atoms with Gasteiger partial charge in [0.2, 0.25) is 0 Å². The van der Waals surface area contributed by atoms with Gasteiger partial charge in [0, 0.05) is 11.6 Å². The van der Waals surface area contributed by atoms with Crippen LogP contribution in [0.15, 0.2) is 46.9 Å². The Morgan fingerprint density at radius 3 is 2.42 bits per heavy atom. The van der Waals surface area contributed by atoms with Crippen molar-refractivity contribution in [2.75, 3.05) is 20.3 Å². The Morgan fingerprint density at radius 1 is 1.08 bits per heavy atom. The molecule has 2 aromatic carbocycles. The van der Waals surface area contributed by atoms with E-state index in [2.05, 4.69) is 29.8 Å². The zero-order valence-electron chi connectivity index (χ0n) is 14.0. The number of halogens is 1. The molecule has 24 heavy (non-hydrogen) atoms. The summed E-state index contributed by atoms with van der Waals surface area (Å²) in [6.45, 7) is 5.11. The number of rotatable bonds is 7. The van der Waals surface area contributed by atoms with E-state index >= 15 is 0 Å². The van der Waals surface area contributed by atoms with Crippen LogP contribution >= 0.6 is 15.9 Å². The molecule has 0 saturated carbocycles. The molecule has 2 aromatic rings. The quantitative estimate of drug-likeness (QED) is 0.385. The van der Waals surface area contributed by atoms with Crippen LogP contribution in [0.5, 0.6) is 11.5 Å². The van der Waals surface area contributed by atoms with Crippen LogP contribution in [-0.4, -0.2) is 26.3 Å². The number of carbonyl (C=O) groups excluding carboxylic acids is 1. The van der Waals surface area contributed by atoms with Crippen molar-refractivity contribution in [2.24, 2.45) is 0 Å². The Bertz CT molecular complexity index is 680. The number of hydrogen-bond donors (Lipinski definition) is 0. The molecule has 2 rings (SSSR count). The maximum atomic E-state index is 12.4. The van der Waals surface area contributed by atoms with E-state index < -0.39 is 0 Å². The lowest BCUT2D eigenvalue weighted by molar-refractivity contribution is 0.0732. The first kappa shape index (κ1) is 18.5. The first-order chi connectivity index (χ1) is 11.5. The smallest absolute Gasteiger partial charge is 0.343 e. The molecule has 0 heterocycles. The third-order valence-electron chi connectivity index (χ3n) is 3.44. The normalized spacial score (nSPS) is 10.7. The van der Waals surface area contributed by atoms with Gasteiger partial charge < -0.3 is 14.2 Å². The molecule has 0 N–H and O–H groups in total. The van der Waals surface area contributed by atoms with E-state index in [9.17, 15) is 4.79 Å². The maximum absolute atomic E-state index is 12.4. The van der Waals surface area contributed by atoms with E-state index in [0.29, 0.717) is 30.3 Å². The molecule has 0 atom stereocenters. The molecule has 0 aliphatic heterocycles. The lowest BCUT2D eigenvalue weighted by atomic mass is 10.0. The van der Waals surface area contributed by atoms with Crippen LogP contribution in [0.2, 0.25) is 0 Å². The van der Waals surface area contributed by atoms with Gasteiger partial charge in [0.1, 0.15) is 18.1 Å². The van der Waals surface area contributed by atoms with Crippen molar-refractivity contribution in [3.05, 3.63) is 58.1 Å². The van der Waals surface area contributed by atoms with Crippen LogP contribution in [0.3, 0.4) is 0 Å². The van der Waals surface area contributed by atoms with Crippen molar-refractivity contribution >= 4 is 21.9 Å². The Kier molecular flexibility index (Phi) is 6.82. The fourth-order valence-corrected chi connectivity index (χ4v) is 2.53. The standard InChI is InChI=1S/C19H21BrO4/c1-13(2)17-12-15(20)6-9-18(17)24-19(21)14-4-7-16(8-5-14)23-11-10-22-3/h4-9,12-13H,10-11H2,1-3H3. The number of benzene rings is 2. The molecule has 0 aliphatic carbocycles. The molecule has 0 spiro atoms. The first-order valence-electron chi connectivity index (χ1n) is 7.74. The summed E-state index contributed by atoms with van der Waals surface area (Å²) in [7, 11) is 1.62. The monoisotopic (exact) mass is 392 g/mol. The summed E-state index contributed by atoms with van der Waals surface area (Å²) in [4.78, 5) is 12.4. The number of esters is 1. The Labute approximate surface area is 150 Å². The summed E-state index contributed by atoms with van der Waals surface area (Å²) in [5.74, 6) is 1.14. The molecule has 0 aliphatic rings. The second-order valence-electron chi connectivity index (χ2n) is 5.59. The largest absolute Gasteiger partial charge is 0.491 e. The van der Waals surface area contributed by atoms with Crippen molar-refractivity contribution in [3.8, 4) is 11.5 Å². The molecule has 0 unspecified atom stereocenters. The number of methoxy groups -OCH3 is 1. The van der Waals surface area contributed by atoms with Crippen molar-refractivity contribution in [3.63, 3.8) is 0 Å². The molecular formula is C19H21BrO4. The predicted molar refractivity (Wildman–Crippen MR) is 97.0 cm³/mol. The van der Waals surface area contributed by atoms with Crippen LogP contribution in [-0.2, 0) is 4.74 Å². The van der Waals surface area contributed by atoms with Crippen molar-refractivity contribution < 1.29 is 19.0 Å². The van der Waals surface area contributed by atoms with E-state index in [1.165, 1.54) is 0 Å². The van der Waals surface area contributed by atoms with E-state index in [1.54, 1.807) is 37.4 Å². The van der Waals surface area contributed by atoms with Gasteiger partial charge >= 0.3 is 5.97 Å². The third-order valence-corrected chi connectivity index (χ3v) is 3.94. The minimum Gasteiger partial charge on any atom is -0.491 e. The summed E-state index contributed by atoms with van der Waals surface area (Å²) < 4.78 is 16.9. The van der Waals surface area contributed by atoms with Gasteiger partial charge in [-0.2, -0.15) is 0 Å². The average Bonchev–Trinajstić information content (AvgIpc) is 2.57. The highest BCUT2D eigenvalue weighted by Gasteiger charge is 2.14. The topological polar surface area (TPSA) is 44.8 Å². The fraction of sp³-hybridized carbons (Fsp3) is 0.316. The predicted octanol–water partition coefficient (Wildman–Crippen LogP) is 4.82. The Hall–Kier alpha value is -1.85. The van der Waals surface area contributed by atoms with Crippen LogP contribution in [0.1, 0.15) is 35.7 Å². The molecule has 128 valence electrons. The summed E-state index contributed by atoms with van der Waals surface area (Å²) in [5.41, 5.74) is 1.46. The zero-order valence-corrected chi connectivity index (χ0v) is 15.6. The van der Waals surface area contributed by atoms with E-state index in [-0.39, 0.29) is 11.9 Å². The highest BCUT2D eigenvalue weighted by atomic mass is 79.9. The molecule has 0 amide bonds. The highest BCUT2D eigenvalue weighted by Crippen LogP contribution is 2.30. The minimum atomic E-state index is -0.386. The number of carbonyl (C=O) groups is 1. The number of hydrogen-bond acceptors (Lipinski definition) is 4. The highest BCUT2D eigenvalue weighted by molar-refractivity contribution is 9.10. The van der Waals surface area contributed by atoms with Gasteiger partial charge in [-0.25, -0.2) is 4.79 Å². The Balaban J connectivity index is 2.07. The lowest BCUT2D eigenvalue weighted by Gasteiger charge is -2.13. The number of ether oxygens (including phenoxy) is 3. The minimum absolute atomic E-state index is 0.252. The zero-order chi connectivity index (χ0) is 17.5. The van der Waals surface area contributed by atoms with E-state index in [4.69, 9.17) is 14.2 Å². The molecule has 5 heteroatoms. The fourth-order valence-electron chi connectivity index (χ4n) is 2.15. The van der Waals surface area contributed by atoms with Gasteiger partial charge in [-0.05, 0) is 53.9 Å². The van der Waals surface area contributed by atoms with Crippen molar-refractivity contribution in [1.82, 2.24) is 0 Å². The molecule has 0 fully saturated rings. The molecule has 0 radical (unpaired) electrons. The van der Waals surface area contributed by atoms with Crippen LogP contribution in [0, 0.1) is 0 Å². The molecular weight excluding hydrogens is 372 g/mol. The summed E-state index contributed by atoms with van der Waals surface area (Å²) >= 11 is 3.45. The van der Waals surface area contributed by atoms with Crippen LogP contribution in [0.25, 0.3) is 0 Å². The van der Waals surface area contributed by atoms with Gasteiger partial charge in [0.15, 0.2) is 0 Å². The maximum Gasteiger partial charge on any atom is 0.343 e. The Morgan fingerprint density at radius 2 is 1.79 bits per heavy atom. The van der Waals surface area contributed by atoms with Crippen molar-refractivity contribution in [1.29, 1.82) is 0 Å². The van der Waals surface area contributed by atoms with E-state index in [1.807, 2.05) is 12.1 Å². The second-order valence-corrected chi connectivity index (χ2v) is 6.51. The van der Waals surface area contributed by atoms with Crippen LogP contribution in [0.4, 0.5) is 0 Å². The summed E-state index contributed by atoms with van der Waals surface area (Å²) in [5, 5.41) is 0. The molecule has 4 nitrogen and oxygen atoms in total. The van der Waals surface area contributed by atoms with Crippen molar-refractivity contribution in [2.45, 2.75) is 19.8 Å². The molecule has 0 bridgehead atoms. The van der Waals surface area contributed by atoms with Crippen LogP contribution < -0.4 is 9.47 Å². The van der Waals surface area contributed by atoms with Gasteiger partial charge in [-0.15, -0.1) is 0 Å². The van der Waals surface area contributed by atoms with Gasteiger partial charge in [0.05, 0.1) is 12.2 Å². The molecule has 0 saturated heterocycles. The third kappa shape index (κ3) is 5.08. The summed E-state index contributed by atoms with van der Waals surface area (Å²) in [6, 6.07) is 12.5. The van der Waals surface area contributed by atoms with Gasteiger partial charge in [0.25, 0.3) is 0 Å². The average molecular weight is 393 g/mol. The summed E-state index contributed by atoms with van der Waals surface area (Å²) in [6.07, 6.45) is 0. The SMILES string of the molecule is COCCOc1ccc(C(=O)Oc2ccc(Br)cc2C(C)C)cc1. The first-order valence-corrected chi connectivity index (χ1v) is 8.54. The van der Waals surface area contributed by atoms with Gasteiger partial charge in [-0.3, -0.25) is 0 Å². The molecule has 0 aromatic heterocycles. The lowest BCUT2D eigenvalue weighted by Crippen LogP contribution is -2.10. The van der Waals surface area contributed by atoms with Gasteiger partial charge in [-0.1, -0.05) is 29.8 Å². The van der Waals surface area contributed by atoms with E-state index in [0.717, 1.165) is 10.0 Å². The second kappa shape index (κ2) is 8.85.